The van der Waals surface area contributed by atoms with Crippen molar-refractivity contribution in [3.63, 3.8) is 0 Å². The Bertz CT molecular complexity index is 710. The second kappa shape index (κ2) is 11.5. The lowest BCUT2D eigenvalue weighted by Gasteiger charge is -2.28. The first kappa shape index (κ1) is 23.6. The summed E-state index contributed by atoms with van der Waals surface area (Å²) >= 11 is 0. The highest BCUT2D eigenvalue weighted by molar-refractivity contribution is 7.52. The van der Waals surface area contributed by atoms with E-state index in [1.807, 2.05) is 37.3 Å². The summed E-state index contributed by atoms with van der Waals surface area (Å²) in [7, 11) is -3.94. The minimum absolute atomic E-state index is 0.0158. The number of likely N-dealkylation sites (tertiary alicyclic amines) is 1. The zero-order valence-electron chi connectivity index (χ0n) is 17.0. The largest absolute Gasteiger partial charge is 0.480 e. The molecule has 2 unspecified atom stereocenters. The number of hydrogen-bond donors (Lipinski definition) is 2. The molecular weight excluding hydrogens is 393 g/mol. The number of aliphatic carboxylic acids is 1. The van der Waals surface area contributed by atoms with Gasteiger partial charge in [-0.3, -0.25) is 13.9 Å². The molecule has 1 aliphatic heterocycles. The SMILES string of the molecule is CCCCC(OP(=O)(O)CCCCc1ccccc1)C(=O)N1CCC[C@H]1C(=O)O. The summed E-state index contributed by atoms with van der Waals surface area (Å²) in [6, 6.07) is 9.03. The normalized spacial score (nSPS) is 19.7. The van der Waals surface area contributed by atoms with Crippen LogP contribution in [0.4, 0.5) is 0 Å². The summed E-state index contributed by atoms with van der Waals surface area (Å²) in [5, 5.41) is 9.32. The summed E-state index contributed by atoms with van der Waals surface area (Å²) in [5.41, 5.74) is 1.17. The Balaban J connectivity index is 1.91. The van der Waals surface area contributed by atoms with Crippen LogP contribution in [0.1, 0.15) is 57.4 Å². The lowest BCUT2D eigenvalue weighted by molar-refractivity contribution is -0.151. The minimum Gasteiger partial charge on any atom is -0.480 e. The van der Waals surface area contributed by atoms with Crippen LogP contribution in [-0.4, -0.2) is 51.6 Å². The number of hydrogen-bond acceptors (Lipinski definition) is 4. The van der Waals surface area contributed by atoms with Gasteiger partial charge in [0, 0.05) is 6.54 Å². The summed E-state index contributed by atoms with van der Waals surface area (Å²) < 4.78 is 18.0. The third kappa shape index (κ3) is 7.57. The molecule has 2 N–H and O–H groups in total. The Morgan fingerprint density at radius 3 is 2.62 bits per heavy atom. The number of carboxylic acid groups (broad SMARTS) is 1. The average Bonchev–Trinajstić information content (AvgIpc) is 3.19. The van der Waals surface area contributed by atoms with Crippen LogP contribution in [-0.2, 0) is 25.1 Å². The maximum atomic E-state index is 12.9. The number of carbonyl (C=O) groups excluding carboxylic acids is 1. The molecule has 1 fully saturated rings. The van der Waals surface area contributed by atoms with Gasteiger partial charge in [0.1, 0.15) is 12.1 Å². The molecule has 1 amide bonds. The second-order valence-corrected chi connectivity index (χ2v) is 9.50. The van der Waals surface area contributed by atoms with E-state index < -0.39 is 31.6 Å². The fraction of sp³-hybridized carbons (Fsp3) is 0.619. The summed E-state index contributed by atoms with van der Waals surface area (Å²) in [6.07, 6.45) is 3.78. The zero-order chi connectivity index (χ0) is 21.3. The number of benzene rings is 1. The smallest absolute Gasteiger partial charge is 0.328 e. The Labute approximate surface area is 172 Å². The molecule has 29 heavy (non-hydrogen) atoms. The van der Waals surface area contributed by atoms with Gasteiger partial charge in [0.15, 0.2) is 0 Å². The van der Waals surface area contributed by atoms with Crippen LogP contribution >= 0.6 is 7.60 Å². The third-order valence-electron chi connectivity index (χ3n) is 5.21. The molecule has 0 radical (unpaired) electrons. The van der Waals surface area contributed by atoms with Gasteiger partial charge in [-0.15, -0.1) is 0 Å². The minimum atomic E-state index is -3.94. The Morgan fingerprint density at radius 2 is 1.97 bits per heavy atom. The Kier molecular flexibility index (Phi) is 9.34. The maximum Gasteiger partial charge on any atom is 0.328 e. The van der Waals surface area contributed by atoms with E-state index in [9.17, 15) is 24.2 Å². The maximum absolute atomic E-state index is 12.9. The molecule has 162 valence electrons. The van der Waals surface area contributed by atoms with Crippen molar-refractivity contribution in [2.75, 3.05) is 12.7 Å². The number of carbonyl (C=O) groups is 2. The lowest BCUT2D eigenvalue weighted by atomic mass is 10.1. The van der Waals surface area contributed by atoms with Gasteiger partial charge in [-0.2, -0.15) is 0 Å². The second-order valence-electron chi connectivity index (χ2n) is 7.57. The van der Waals surface area contributed by atoms with Gasteiger partial charge in [0.2, 0.25) is 0 Å². The first-order valence-electron chi connectivity index (χ1n) is 10.4. The van der Waals surface area contributed by atoms with Crippen LogP contribution in [0, 0.1) is 0 Å². The van der Waals surface area contributed by atoms with Crippen LogP contribution in [0.25, 0.3) is 0 Å². The topological polar surface area (TPSA) is 104 Å². The number of aryl methyl sites for hydroxylation is 1. The van der Waals surface area contributed by atoms with Crippen molar-refractivity contribution in [1.82, 2.24) is 4.90 Å². The van der Waals surface area contributed by atoms with Crippen molar-refractivity contribution in [3.05, 3.63) is 35.9 Å². The third-order valence-corrected chi connectivity index (χ3v) is 6.67. The lowest BCUT2D eigenvalue weighted by Crippen LogP contribution is -2.46. The number of rotatable bonds is 12. The molecule has 0 saturated carbocycles. The molecule has 0 bridgehead atoms. The van der Waals surface area contributed by atoms with Gasteiger partial charge in [-0.1, -0.05) is 50.1 Å². The Hall–Kier alpha value is -1.69. The van der Waals surface area contributed by atoms with Crippen molar-refractivity contribution in [2.45, 2.75) is 70.4 Å². The van der Waals surface area contributed by atoms with Gasteiger partial charge in [-0.25, -0.2) is 4.79 Å². The van der Waals surface area contributed by atoms with Gasteiger partial charge >= 0.3 is 13.6 Å². The van der Waals surface area contributed by atoms with E-state index in [0.29, 0.717) is 38.6 Å². The van der Waals surface area contributed by atoms with Crippen molar-refractivity contribution >= 4 is 19.5 Å². The number of unbranched alkanes of at least 4 members (excludes halogenated alkanes) is 2. The zero-order valence-corrected chi connectivity index (χ0v) is 17.9. The molecule has 8 heteroatoms. The monoisotopic (exact) mass is 425 g/mol. The van der Waals surface area contributed by atoms with Gasteiger partial charge < -0.3 is 14.9 Å². The van der Waals surface area contributed by atoms with E-state index in [4.69, 9.17) is 4.52 Å². The molecule has 1 heterocycles. The molecule has 0 spiro atoms. The molecule has 1 saturated heterocycles. The van der Waals surface area contributed by atoms with E-state index in [1.54, 1.807) is 0 Å². The van der Waals surface area contributed by atoms with E-state index in [0.717, 1.165) is 19.3 Å². The fourth-order valence-electron chi connectivity index (χ4n) is 3.62. The van der Waals surface area contributed by atoms with Crippen molar-refractivity contribution in [1.29, 1.82) is 0 Å². The number of nitrogens with zero attached hydrogens (tertiary/aromatic N) is 1. The average molecular weight is 425 g/mol. The summed E-state index contributed by atoms with van der Waals surface area (Å²) in [4.78, 5) is 35.8. The molecule has 1 aromatic rings. The first-order chi connectivity index (χ1) is 13.8. The summed E-state index contributed by atoms with van der Waals surface area (Å²) in [6.45, 7) is 2.30. The first-order valence-corrected chi connectivity index (χ1v) is 12.2. The van der Waals surface area contributed by atoms with Crippen molar-refractivity contribution in [2.24, 2.45) is 0 Å². The fourth-order valence-corrected chi connectivity index (χ4v) is 4.94. The predicted octanol–water partition coefficient (Wildman–Crippen LogP) is 3.85. The molecular formula is C21H32NO6P. The van der Waals surface area contributed by atoms with E-state index in [-0.39, 0.29) is 6.16 Å². The van der Waals surface area contributed by atoms with Crippen LogP contribution < -0.4 is 0 Å². The van der Waals surface area contributed by atoms with Crippen LogP contribution in [0.2, 0.25) is 0 Å². The predicted molar refractivity (Wildman–Crippen MR) is 111 cm³/mol. The van der Waals surface area contributed by atoms with E-state index >= 15 is 0 Å². The van der Waals surface area contributed by atoms with E-state index in [1.165, 1.54) is 10.5 Å². The Morgan fingerprint density at radius 1 is 1.24 bits per heavy atom. The molecule has 3 atom stereocenters. The molecule has 7 nitrogen and oxygen atoms in total. The molecule has 1 aromatic carbocycles. The molecule has 1 aliphatic rings. The highest BCUT2D eigenvalue weighted by atomic mass is 31.2. The quantitative estimate of drug-likeness (QED) is 0.389. The van der Waals surface area contributed by atoms with Crippen molar-refractivity contribution in [3.8, 4) is 0 Å². The summed E-state index contributed by atoms with van der Waals surface area (Å²) in [5.74, 6) is -1.53. The van der Waals surface area contributed by atoms with E-state index in [2.05, 4.69) is 0 Å². The standard InChI is InChI=1S/C21H32NO6P/c1-2-3-14-19(20(23)22-15-9-13-18(22)21(24)25)28-29(26,27)16-8-7-12-17-10-5-4-6-11-17/h4-6,10-11,18-19H,2-3,7-9,12-16H2,1H3,(H,24,25)(H,26,27)/t18-,19?/m0/s1. The number of carboxylic acids is 1. The van der Waals surface area contributed by atoms with Gasteiger partial charge in [0.05, 0.1) is 6.16 Å². The number of amides is 1. The van der Waals surface area contributed by atoms with Crippen LogP contribution in [0.15, 0.2) is 30.3 Å². The van der Waals surface area contributed by atoms with Crippen molar-refractivity contribution < 1.29 is 28.7 Å². The van der Waals surface area contributed by atoms with Gasteiger partial charge in [0.25, 0.3) is 5.91 Å². The van der Waals surface area contributed by atoms with Crippen LogP contribution in [0.3, 0.4) is 0 Å². The highest BCUT2D eigenvalue weighted by Crippen LogP contribution is 2.45. The highest BCUT2D eigenvalue weighted by Gasteiger charge is 2.39. The van der Waals surface area contributed by atoms with Gasteiger partial charge in [-0.05, 0) is 44.1 Å². The molecule has 2 rings (SSSR count). The van der Waals surface area contributed by atoms with Crippen LogP contribution in [0.5, 0.6) is 0 Å². The molecule has 0 aliphatic carbocycles. The molecule has 0 aromatic heterocycles.